The SMILES string of the molecule is Cc1cccc(-c2noc(CNS(=O)(=O)c3ccc(OC(C)C)cc3)n2)c1. The highest BCUT2D eigenvalue weighted by atomic mass is 32.2. The normalized spacial score (nSPS) is 11.7. The molecule has 0 fully saturated rings. The van der Waals surface area contributed by atoms with Crippen molar-refractivity contribution in [3.63, 3.8) is 0 Å². The highest BCUT2D eigenvalue weighted by Crippen LogP contribution is 2.19. The third kappa shape index (κ3) is 4.93. The monoisotopic (exact) mass is 387 g/mol. The van der Waals surface area contributed by atoms with Gasteiger partial charge in [-0.25, -0.2) is 13.1 Å². The molecule has 0 saturated carbocycles. The van der Waals surface area contributed by atoms with Crippen LogP contribution in [0.1, 0.15) is 25.3 Å². The summed E-state index contributed by atoms with van der Waals surface area (Å²) in [6, 6.07) is 13.9. The molecule has 0 unspecified atom stereocenters. The largest absolute Gasteiger partial charge is 0.491 e. The number of benzene rings is 2. The van der Waals surface area contributed by atoms with Crippen LogP contribution in [0.3, 0.4) is 0 Å². The predicted octanol–water partition coefficient (Wildman–Crippen LogP) is 3.31. The Labute approximate surface area is 158 Å². The Morgan fingerprint density at radius 1 is 1.15 bits per heavy atom. The van der Waals surface area contributed by atoms with E-state index >= 15 is 0 Å². The molecule has 3 aromatic rings. The minimum Gasteiger partial charge on any atom is -0.491 e. The lowest BCUT2D eigenvalue weighted by molar-refractivity contribution is 0.242. The van der Waals surface area contributed by atoms with E-state index in [1.165, 1.54) is 12.1 Å². The lowest BCUT2D eigenvalue weighted by Gasteiger charge is -2.10. The van der Waals surface area contributed by atoms with E-state index in [0.717, 1.165) is 11.1 Å². The van der Waals surface area contributed by atoms with Crippen molar-refractivity contribution in [3.8, 4) is 17.1 Å². The summed E-state index contributed by atoms with van der Waals surface area (Å²) >= 11 is 0. The Hall–Kier alpha value is -2.71. The fraction of sp³-hybridized carbons (Fsp3) is 0.263. The number of nitrogens with one attached hydrogen (secondary N) is 1. The molecule has 0 aliphatic rings. The maximum Gasteiger partial charge on any atom is 0.242 e. The quantitative estimate of drug-likeness (QED) is 0.668. The second-order valence-electron chi connectivity index (χ2n) is 6.34. The lowest BCUT2D eigenvalue weighted by atomic mass is 10.1. The zero-order chi connectivity index (χ0) is 19.4. The van der Waals surface area contributed by atoms with E-state index in [9.17, 15) is 8.42 Å². The summed E-state index contributed by atoms with van der Waals surface area (Å²) < 4.78 is 38.0. The fourth-order valence-corrected chi connectivity index (χ4v) is 3.41. The van der Waals surface area contributed by atoms with Gasteiger partial charge in [0, 0.05) is 5.56 Å². The Morgan fingerprint density at radius 2 is 1.89 bits per heavy atom. The first-order valence-corrected chi connectivity index (χ1v) is 9.98. The van der Waals surface area contributed by atoms with Crippen LogP contribution in [0.5, 0.6) is 5.75 Å². The third-order valence-corrected chi connectivity index (χ3v) is 5.08. The molecule has 0 saturated heterocycles. The van der Waals surface area contributed by atoms with Crippen LogP contribution in [-0.2, 0) is 16.6 Å². The van der Waals surface area contributed by atoms with Crippen molar-refractivity contribution in [1.29, 1.82) is 0 Å². The average molecular weight is 387 g/mol. The Bertz CT molecular complexity index is 1010. The van der Waals surface area contributed by atoms with Crippen LogP contribution in [-0.4, -0.2) is 24.7 Å². The predicted molar refractivity (Wildman–Crippen MR) is 101 cm³/mol. The van der Waals surface area contributed by atoms with Gasteiger partial charge in [-0.05, 0) is 51.1 Å². The van der Waals surface area contributed by atoms with Gasteiger partial charge in [0.05, 0.1) is 17.5 Å². The zero-order valence-electron chi connectivity index (χ0n) is 15.3. The van der Waals surface area contributed by atoms with Crippen molar-refractivity contribution < 1.29 is 17.7 Å². The number of rotatable bonds is 7. The van der Waals surface area contributed by atoms with Crippen LogP contribution in [0.15, 0.2) is 57.9 Å². The van der Waals surface area contributed by atoms with Gasteiger partial charge in [0.25, 0.3) is 0 Å². The van der Waals surface area contributed by atoms with Crippen LogP contribution in [0, 0.1) is 6.92 Å². The van der Waals surface area contributed by atoms with Crippen LogP contribution in [0.2, 0.25) is 0 Å². The molecule has 0 atom stereocenters. The second-order valence-corrected chi connectivity index (χ2v) is 8.11. The van der Waals surface area contributed by atoms with Crippen LogP contribution >= 0.6 is 0 Å². The third-order valence-electron chi connectivity index (χ3n) is 3.66. The van der Waals surface area contributed by atoms with Crippen molar-refractivity contribution >= 4 is 10.0 Å². The van der Waals surface area contributed by atoms with E-state index in [1.807, 2.05) is 45.0 Å². The molecule has 0 spiro atoms. The number of ether oxygens (including phenoxy) is 1. The number of aryl methyl sites for hydroxylation is 1. The summed E-state index contributed by atoms with van der Waals surface area (Å²) in [5.41, 5.74) is 1.89. The first-order chi connectivity index (χ1) is 12.8. The van der Waals surface area contributed by atoms with E-state index in [1.54, 1.807) is 12.1 Å². The highest BCUT2D eigenvalue weighted by molar-refractivity contribution is 7.89. The molecule has 1 aromatic heterocycles. The Morgan fingerprint density at radius 3 is 2.56 bits per heavy atom. The number of nitrogens with zero attached hydrogens (tertiary/aromatic N) is 2. The van der Waals surface area contributed by atoms with Crippen molar-refractivity contribution in [1.82, 2.24) is 14.9 Å². The van der Waals surface area contributed by atoms with Crippen molar-refractivity contribution in [2.75, 3.05) is 0 Å². The van der Waals surface area contributed by atoms with Crippen molar-refractivity contribution in [2.45, 2.75) is 38.3 Å². The van der Waals surface area contributed by atoms with Gasteiger partial charge in [0.2, 0.25) is 21.7 Å². The maximum absolute atomic E-state index is 12.4. The average Bonchev–Trinajstić information content (AvgIpc) is 3.09. The summed E-state index contributed by atoms with van der Waals surface area (Å²) in [5.74, 6) is 1.22. The van der Waals surface area contributed by atoms with E-state index in [4.69, 9.17) is 9.26 Å². The summed E-state index contributed by atoms with van der Waals surface area (Å²) in [5, 5.41) is 3.90. The molecule has 0 aliphatic carbocycles. The molecular weight excluding hydrogens is 366 g/mol. The molecule has 2 aromatic carbocycles. The maximum atomic E-state index is 12.4. The number of hydrogen-bond acceptors (Lipinski definition) is 6. The van der Waals surface area contributed by atoms with Gasteiger partial charge in [0.1, 0.15) is 5.75 Å². The van der Waals surface area contributed by atoms with Gasteiger partial charge < -0.3 is 9.26 Å². The number of sulfonamides is 1. The minimum absolute atomic E-state index is 0.0192. The van der Waals surface area contributed by atoms with E-state index in [0.29, 0.717) is 11.6 Å². The lowest BCUT2D eigenvalue weighted by Crippen LogP contribution is -2.23. The van der Waals surface area contributed by atoms with E-state index in [-0.39, 0.29) is 23.4 Å². The molecule has 8 heteroatoms. The van der Waals surface area contributed by atoms with Gasteiger partial charge >= 0.3 is 0 Å². The first-order valence-electron chi connectivity index (χ1n) is 8.49. The molecule has 27 heavy (non-hydrogen) atoms. The topological polar surface area (TPSA) is 94.3 Å². The van der Waals surface area contributed by atoms with Crippen molar-refractivity contribution in [3.05, 3.63) is 60.0 Å². The van der Waals surface area contributed by atoms with Gasteiger partial charge in [-0.2, -0.15) is 4.98 Å². The fourth-order valence-electron chi connectivity index (χ4n) is 2.44. The van der Waals surface area contributed by atoms with Gasteiger partial charge in [0.15, 0.2) is 0 Å². The van der Waals surface area contributed by atoms with Gasteiger partial charge in [-0.1, -0.05) is 28.9 Å². The van der Waals surface area contributed by atoms with Gasteiger partial charge in [-0.3, -0.25) is 0 Å². The van der Waals surface area contributed by atoms with Crippen LogP contribution in [0.25, 0.3) is 11.4 Å². The summed E-state index contributed by atoms with van der Waals surface area (Å²) in [6.07, 6.45) is 0.0192. The van der Waals surface area contributed by atoms with Gasteiger partial charge in [-0.15, -0.1) is 0 Å². The van der Waals surface area contributed by atoms with E-state index < -0.39 is 10.0 Å². The molecule has 0 radical (unpaired) electrons. The highest BCUT2D eigenvalue weighted by Gasteiger charge is 2.16. The number of aromatic nitrogens is 2. The molecular formula is C19H21N3O4S. The van der Waals surface area contributed by atoms with Crippen LogP contribution in [0.4, 0.5) is 0 Å². The Kier molecular flexibility index (Phi) is 5.57. The number of hydrogen-bond donors (Lipinski definition) is 1. The minimum atomic E-state index is -3.70. The Balaban J connectivity index is 1.67. The summed E-state index contributed by atoms with van der Waals surface area (Å²) in [7, 11) is -3.70. The molecule has 142 valence electrons. The first kappa shape index (κ1) is 19.1. The second kappa shape index (κ2) is 7.89. The molecule has 1 heterocycles. The van der Waals surface area contributed by atoms with Crippen molar-refractivity contribution in [2.24, 2.45) is 0 Å². The molecule has 3 rings (SSSR count). The summed E-state index contributed by atoms with van der Waals surface area (Å²) in [4.78, 5) is 4.38. The smallest absolute Gasteiger partial charge is 0.242 e. The molecule has 1 N–H and O–H groups in total. The standard InChI is InChI=1S/C19H21N3O4S/c1-13(2)25-16-7-9-17(10-8-16)27(23,24)20-12-18-21-19(22-26-18)15-6-4-5-14(3)11-15/h4-11,13,20H,12H2,1-3H3. The summed E-state index contributed by atoms with van der Waals surface area (Å²) in [6.45, 7) is 5.69. The van der Waals surface area contributed by atoms with E-state index in [2.05, 4.69) is 14.9 Å². The zero-order valence-corrected chi connectivity index (χ0v) is 16.2. The van der Waals surface area contributed by atoms with Crippen LogP contribution < -0.4 is 9.46 Å². The molecule has 0 amide bonds. The molecule has 0 aliphatic heterocycles. The molecule has 0 bridgehead atoms. The molecule has 7 nitrogen and oxygen atoms in total.